The van der Waals surface area contributed by atoms with Crippen LogP contribution in [-0.4, -0.2) is 18.5 Å². The van der Waals surface area contributed by atoms with E-state index in [0.717, 1.165) is 56.4 Å². The Morgan fingerprint density at radius 2 is 2.06 bits per heavy atom. The van der Waals surface area contributed by atoms with Crippen molar-refractivity contribution in [3.8, 4) is 0 Å². The van der Waals surface area contributed by atoms with E-state index in [0.29, 0.717) is 0 Å². The third-order valence-corrected chi connectivity index (χ3v) is 4.47. The highest BCUT2D eigenvalue weighted by atomic mass is 16.5. The molecule has 0 radical (unpaired) electrons. The number of carbonyl (C=O) groups is 1. The molecule has 0 unspecified atom stereocenters. The van der Waals surface area contributed by atoms with E-state index in [2.05, 4.69) is 13.0 Å². The topological polar surface area (TPSA) is 26.3 Å². The second-order valence-electron chi connectivity index (χ2n) is 5.69. The highest BCUT2D eigenvalue weighted by Crippen LogP contribution is 2.38. The first-order chi connectivity index (χ1) is 8.18. The van der Waals surface area contributed by atoms with E-state index >= 15 is 0 Å². The maximum absolute atomic E-state index is 12.6. The molecule has 2 aliphatic carbocycles. The predicted molar refractivity (Wildman–Crippen MR) is 68.9 cm³/mol. The smallest absolute Gasteiger partial charge is 0.190 e. The molecule has 0 atom stereocenters. The average Bonchev–Trinajstić information content (AvgIpc) is 2.40. The molecule has 0 aromatic rings. The lowest BCUT2D eigenvalue weighted by Crippen LogP contribution is -2.44. The Balaban J connectivity index is 2.12. The molecule has 0 spiro atoms. The Kier molecular flexibility index (Phi) is 4.03. The van der Waals surface area contributed by atoms with Gasteiger partial charge in [0.15, 0.2) is 5.78 Å². The SMILES string of the molecule is COC1(C(=O)C2=CCCCC2)CCC(C)CC1. The summed E-state index contributed by atoms with van der Waals surface area (Å²) in [6, 6.07) is 0. The Bertz CT molecular complexity index is 309. The van der Waals surface area contributed by atoms with Gasteiger partial charge in [0.1, 0.15) is 5.60 Å². The largest absolute Gasteiger partial charge is 0.370 e. The maximum Gasteiger partial charge on any atom is 0.190 e. The Labute approximate surface area is 104 Å². The van der Waals surface area contributed by atoms with E-state index in [9.17, 15) is 4.79 Å². The number of allylic oxidation sites excluding steroid dienone is 1. The van der Waals surface area contributed by atoms with Crippen LogP contribution in [0.25, 0.3) is 0 Å². The van der Waals surface area contributed by atoms with Crippen molar-refractivity contribution >= 4 is 5.78 Å². The summed E-state index contributed by atoms with van der Waals surface area (Å²) in [4.78, 5) is 12.6. The molecule has 0 heterocycles. The van der Waals surface area contributed by atoms with Crippen molar-refractivity contribution in [1.29, 1.82) is 0 Å². The van der Waals surface area contributed by atoms with Gasteiger partial charge in [-0.3, -0.25) is 4.79 Å². The van der Waals surface area contributed by atoms with E-state index in [1.165, 1.54) is 6.42 Å². The summed E-state index contributed by atoms with van der Waals surface area (Å²) in [7, 11) is 1.71. The molecule has 2 rings (SSSR count). The molecule has 1 saturated carbocycles. The van der Waals surface area contributed by atoms with E-state index in [-0.39, 0.29) is 5.78 Å². The van der Waals surface area contributed by atoms with Gasteiger partial charge in [0.05, 0.1) is 0 Å². The van der Waals surface area contributed by atoms with Crippen molar-refractivity contribution in [3.63, 3.8) is 0 Å². The van der Waals surface area contributed by atoms with Crippen LogP contribution in [0.15, 0.2) is 11.6 Å². The highest BCUT2D eigenvalue weighted by molar-refractivity contribution is 6.02. The van der Waals surface area contributed by atoms with Crippen LogP contribution in [0.4, 0.5) is 0 Å². The molecule has 0 aromatic heterocycles. The fraction of sp³-hybridized carbons (Fsp3) is 0.800. The molecule has 0 bridgehead atoms. The Hall–Kier alpha value is -0.630. The summed E-state index contributed by atoms with van der Waals surface area (Å²) in [5.41, 5.74) is 0.544. The number of Topliss-reactive ketones (excluding diaryl/α,β-unsaturated/α-hetero) is 1. The average molecular weight is 236 g/mol. The lowest BCUT2D eigenvalue weighted by Gasteiger charge is -2.37. The fourth-order valence-corrected chi connectivity index (χ4v) is 3.09. The van der Waals surface area contributed by atoms with Crippen molar-refractivity contribution in [3.05, 3.63) is 11.6 Å². The van der Waals surface area contributed by atoms with Gasteiger partial charge in [0.2, 0.25) is 0 Å². The standard InChI is InChI=1S/C15H24O2/c1-12-8-10-15(17-2,11-9-12)14(16)13-6-4-3-5-7-13/h6,12H,3-5,7-11H2,1-2H3. The first-order valence-corrected chi connectivity index (χ1v) is 6.97. The fourth-order valence-electron chi connectivity index (χ4n) is 3.09. The zero-order valence-corrected chi connectivity index (χ0v) is 11.1. The molecular weight excluding hydrogens is 212 g/mol. The van der Waals surface area contributed by atoms with Gasteiger partial charge in [-0.25, -0.2) is 0 Å². The summed E-state index contributed by atoms with van der Waals surface area (Å²) < 4.78 is 5.65. The summed E-state index contributed by atoms with van der Waals surface area (Å²) in [6.07, 6.45) is 10.6. The number of ether oxygens (including phenoxy) is 1. The second kappa shape index (κ2) is 5.34. The molecule has 2 nitrogen and oxygen atoms in total. The zero-order chi connectivity index (χ0) is 12.3. The lowest BCUT2D eigenvalue weighted by molar-refractivity contribution is -0.142. The number of carbonyl (C=O) groups excluding carboxylic acids is 1. The van der Waals surface area contributed by atoms with Crippen molar-refractivity contribution < 1.29 is 9.53 Å². The van der Waals surface area contributed by atoms with E-state index in [1.807, 2.05) is 0 Å². The van der Waals surface area contributed by atoms with Gasteiger partial charge in [-0.2, -0.15) is 0 Å². The Morgan fingerprint density at radius 1 is 1.35 bits per heavy atom. The molecule has 96 valence electrons. The minimum Gasteiger partial charge on any atom is -0.370 e. The zero-order valence-electron chi connectivity index (χ0n) is 11.1. The van der Waals surface area contributed by atoms with Gasteiger partial charge in [0, 0.05) is 7.11 Å². The Morgan fingerprint density at radius 3 is 2.59 bits per heavy atom. The molecule has 0 amide bonds. The molecule has 1 fully saturated rings. The molecule has 0 saturated heterocycles. The normalized spacial score (nSPS) is 34.2. The van der Waals surface area contributed by atoms with Crippen LogP contribution in [0, 0.1) is 5.92 Å². The minimum absolute atomic E-state index is 0.284. The number of hydrogen-bond donors (Lipinski definition) is 0. The summed E-state index contributed by atoms with van der Waals surface area (Å²) in [5, 5.41) is 0. The lowest BCUT2D eigenvalue weighted by atomic mass is 9.74. The van der Waals surface area contributed by atoms with Crippen molar-refractivity contribution in [2.24, 2.45) is 5.92 Å². The quantitative estimate of drug-likeness (QED) is 0.747. The summed E-state index contributed by atoms with van der Waals surface area (Å²) in [6.45, 7) is 2.27. The third-order valence-electron chi connectivity index (χ3n) is 4.47. The summed E-state index contributed by atoms with van der Waals surface area (Å²) >= 11 is 0. The number of ketones is 1. The van der Waals surface area contributed by atoms with Crippen LogP contribution >= 0.6 is 0 Å². The van der Waals surface area contributed by atoms with E-state index in [4.69, 9.17) is 4.74 Å². The first kappa shape index (κ1) is 12.8. The van der Waals surface area contributed by atoms with Gasteiger partial charge in [0.25, 0.3) is 0 Å². The number of rotatable bonds is 3. The molecule has 0 aliphatic heterocycles. The van der Waals surface area contributed by atoms with Crippen molar-refractivity contribution in [2.45, 2.75) is 63.9 Å². The van der Waals surface area contributed by atoms with Crippen LogP contribution in [0.2, 0.25) is 0 Å². The van der Waals surface area contributed by atoms with Gasteiger partial charge >= 0.3 is 0 Å². The highest BCUT2D eigenvalue weighted by Gasteiger charge is 2.42. The molecular formula is C15H24O2. The van der Waals surface area contributed by atoms with Crippen molar-refractivity contribution in [2.75, 3.05) is 7.11 Å². The van der Waals surface area contributed by atoms with Crippen LogP contribution in [-0.2, 0) is 9.53 Å². The van der Waals surface area contributed by atoms with Crippen LogP contribution in [0.3, 0.4) is 0 Å². The maximum atomic E-state index is 12.6. The first-order valence-electron chi connectivity index (χ1n) is 6.97. The monoisotopic (exact) mass is 236 g/mol. The second-order valence-corrected chi connectivity index (χ2v) is 5.69. The van der Waals surface area contributed by atoms with E-state index < -0.39 is 5.60 Å². The van der Waals surface area contributed by atoms with Gasteiger partial charge < -0.3 is 4.74 Å². The molecule has 2 aliphatic rings. The minimum atomic E-state index is -0.490. The third kappa shape index (κ3) is 2.62. The van der Waals surface area contributed by atoms with Gasteiger partial charge in [-0.15, -0.1) is 0 Å². The van der Waals surface area contributed by atoms with E-state index in [1.54, 1.807) is 7.11 Å². The molecule has 17 heavy (non-hydrogen) atoms. The van der Waals surface area contributed by atoms with Crippen LogP contribution < -0.4 is 0 Å². The predicted octanol–water partition coefficient (Wildman–Crippen LogP) is 3.65. The van der Waals surface area contributed by atoms with Crippen molar-refractivity contribution in [1.82, 2.24) is 0 Å². The van der Waals surface area contributed by atoms with Crippen LogP contribution in [0.5, 0.6) is 0 Å². The molecule has 0 N–H and O–H groups in total. The molecule has 0 aromatic carbocycles. The van der Waals surface area contributed by atoms with Gasteiger partial charge in [-0.05, 0) is 62.9 Å². The number of hydrogen-bond acceptors (Lipinski definition) is 2. The number of methoxy groups -OCH3 is 1. The van der Waals surface area contributed by atoms with Gasteiger partial charge in [-0.1, -0.05) is 13.0 Å². The summed E-state index contributed by atoms with van der Waals surface area (Å²) in [5.74, 6) is 1.03. The van der Waals surface area contributed by atoms with Crippen LogP contribution in [0.1, 0.15) is 58.3 Å². The molecule has 2 heteroatoms.